The van der Waals surface area contributed by atoms with E-state index in [1.54, 1.807) is 75.1 Å². The van der Waals surface area contributed by atoms with Gasteiger partial charge in [0, 0.05) is 61.1 Å². The summed E-state index contributed by atoms with van der Waals surface area (Å²) in [7, 11) is 1.50. The van der Waals surface area contributed by atoms with Crippen molar-refractivity contribution >= 4 is 16.8 Å². The Kier molecular flexibility index (Phi) is 10.5. The second kappa shape index (κ2) is 16.0. The number of aromatic nitrogens is 7. The Bertz CT molecular complexity index is 3140. The van der Waals surface area contributed by atoms with E-state index < -0.39 is 28.6 Å². The van der Waals surface area contributed by atoms with Gasteiger partial charge in [0.25, 0.3) is 5.91 Å². The van der Waals surface area contributed by atoms with Gasteiger partial charge in [-0.3, -0.25) is 23.4 Å². The van der Waals surface area contributed by atoms with Gasteiger partial charge in [-0.05, 0) is 125 Å². The molecule has 1 saturated carbocycles. The SMILES string of the molecule is COc1cc(-n2ccn(-c3c4c(nn3-c3cc(C)c(F)c(C)c3)CCN(C(=O)c3cc5cc(C6CCOCC6)ccc5n3[C@@]3(c5noc(=O)[nH]5)C[C@@H]3C)[C@H]4C)c2=O)ccc1OC(C)(C)CO. The van der Waals surface area contributed by atoms with Gasteiger partial charge in [-0.2, -0.15) is 5.10 Å². The summed E-state index contributed by atoms with van der Waals surface area (Å²) in [5.41, 5.74) is 3.56. The summed E-state index contributed by atoms with van der Waals surface area (Å²) in [6.07, 6.45) is 6.11. The second-order valence-corrected chi connectivity index (χ2v) is 18.6. The molecule has 344 valence electrons. The van der Waals surface area contributed by atoms with Gasteiger partial charge in [-0.15, -0.1) is 0 Å². The molecule has 66 heavy (non-hydrogen) atoms. The Morgan fingerprint density at radius 2 is 1.71 bits per heavy atom. The lowest BCUT2D eigenvalue weighted by Gasteiger charge is -2.34. The minimum absolute atomic E-state index is 0.0143. The minimum atomic E-state index is -0.880. The Balaban J connectivity index is 1.10. The number of hydrogen-bond acceptors (Lipinski definition) is 10. The number of hydrogen-bond donors (Lipinski definition) is 2. The number of amides is 1. The molecular weight excluding hydrogens is 848 g/mol. The van der Waals surface area contributed by atoms with Crippen LogP contribution in [0, 0.1) is 25.6 Å². The van der Waals surface area contributed by atoms with E-state index >= 15 is 9.18 Å². The van der Waals surface area contributed by atoms with Crippen LogP contribution in [-0.2, 0) is 16.7 Å². The molecule has 16 nitrogen and oxygen atoms in total. The molecule has 6 heterocycles. The molecule has 3 aromatic carbocycles. The number of carbonyl (C=O) groups excluding carboxylic acids is 1. The molecule has 4 aromatic heterocycles. The number of aliphatic hydroxyl groups excluding tert-OH is 1. The average molecular weight is 901 g/mol. The third kappa shape index (κ3) is 6.98. The number of carbonyl (C=O) groups is 1. The van der Waals surface area contributed by atoms with E-state index in [1.165, 1.54) is 21.8 Å². The third-order valence-electron chi connectivity index (χ3n) is 13.8. The van der Waals surface area contributed by atoms with Gasteiger partial charge < -0.3 is 28.8 Å². The number of methoxy groups -OCH3 is 1. The van der Waals surface area contributed by atoms with Crippen molar-refractivity contribution in [2.24, 2.45) is 5.92 Å². The van der Waals surface area contributed by atoms with Crippen molar-refractivity contribution in [2.45, 2.75) is 90.3 Å². The number of ether oxygens (including phenoxy) is 3. The summed E-state index contributed by atoms with van der Waals surface area (Å²) in [5.74, 6) is 0.642. The van der Waals surface area contributed by atoms with Gasteiger partial charge >= 0.3 is 11.4 Å². The summed E-state index contributed by atoms with van der Waals surface area (Å²) in [4.78, 5) is 47.3. The molecule has 17 heteroatoms. The van der Waals surface area contributed by atoms with Gasteiger partial charge in [0.15, 0.2) is 17.3 Å². The van der Waals surface area contributed by atoms with E-state index in [-0.39, 0.29) is 24.2 Å². The number of benzene rings is 3. The molecule has 0 unspecified atom stereocenters. The van der Waals surface area contributed by atoms with Crippen LogP contribution in [0.4, 0.5) is 4.39 Å². The molecule has 3 aliphatic rings. The number of rotatable bonds is 11. The number of aryl methyl sites for hydroxylation is 2. The summed E-state index contributed by atoms with van der Waals surface area (Å²) in [5, 5.41) is 20.0. The second-order valence-electron chi connectivity index (χ2n) is 18.6. The molecule has 0 bridgehead atoms. The van der Waals surface area contributed by atoms with E-state index in [4.69, 9.17) is 23.8 Å². The van der Waals surface area contributed by atoms with Crippen LogP contribution in [0.15, 0.2) is 81.1 Å². The average Bonchev–Trinajstić information content (AvgIpc) is 3.81. The van der Waals surface area contributed by atoms with Crippen molar-refractivity contribution in [3.63, 3.8) is 0 Å². The molecule has 2 fully saturated rings. The van der Waals surface area contributed by atoms with Crippen molar-refractivity contribution in [1.82, 2.24) is 38.5 Å². The lowest BCUT2D eigenvalue weighted by Crippen LogP contribution is -2.41. The van der Waals surface area contributed by atoms with Crippen LogP contribution in [0.3, 0.4) is 0 Å². The Morgan fingerprint density at radius 3 is 2.38 bits per heavy atom. The fourth-order valence-corrected chi connectivity index (χ4v) is 10.2. The van der Waals surface area contributed by atoms with Crippen molar-refractivity contribution in [2.75, 3.05) is 33.5 Å². The van der Waals surface area contributed by atoms with Crippen molar-refractivity contribution in [3.05, 3.63) is 133 Å². The molecular formula is C49H53FN8O8. The number of aliphatic hydroxyl groups is 1. The molecule has 2 aliphatic heterocycles. The number of fused-ring (bicyclic) bond motifs is 2. The number of halogens is 1. The molecule has 1 aliphatic carbocycles. The fraction of sp³-hybridized carbons (Fsp3) is 0.408. The molecule has 0 radical (unpaired) electrons. The summed E-state index contributed by atoms with van der Waals surface area (Å²) >= 11 is 0. The Labute approximate surface area is 379 Å². The zero-order valence-electron chi connectivity index (χ0n) is 38.1. The van der Waals surface area contributed by atoms with Gasteiger partial charge in [-0.1, -0.05) is 18.1 Å². The quantitative estimate of drug-likeness (QED) is 0.141. The highest BCUT2D eigenvalue weighted by molar-refractivity contribution is 6.00. The van der Waals surface area contributed by atoms with Crippen LogP contribution in [-0.4, -0.2) is 88.6 Å². The fourth-order valence-electron chi connectivity index (χ4n) is 10.2. The highest BCUT2D eigenvalue weighted by atomic mass is 19.1. The maximum Gasteiger partial charge on any atom is 0.438 e. The molecule has 2 N–H and O–H groups in total. The zero-order valence-corrected chi connectivity index (χ0v) is 38.1. The van der Waals surface area contributed by atoms with Gasteiger partial charge in [-0.25, -0.2) is 18.7 Å². The van der Waals surface area contributed by atoms with Crippen LogP contribution < -0.4 is 20.9 Å². The minimum Gasteiger partial charge on any atom is -0.493 e. The topological polar surface area (TPSA) is 177 Å². The molecule has 1 saturated heterocycles. The molecule has 10 rings (SSSR count). The summed E-state index contributed by atoms with van der Waals surface area (Å²) in [6, 6.07) is 16.2. The number of nitrogens with zero attached hydrogens (tertiary/aromatic N) is 7. The van der Waals surface area contributed by atoms with E-state index in [2.05, 4.69) is 35.3 Å². The molecule has 7 aromatic rings. The van der Waals surface area contributed by atoms with Crippen molar-refractivity contribution in [3.8, 4) is 28.7 Å². The largest absolute Gasteiger partial charge is 0.493 e. The number of imidazole rings is 1. The highest BCUT2D eigenvalue weighted by Gasteiger charge is 2.59. The van der Waals surface area contributed by atoms with E-state index in [0.717, 1.165) is 23.7 Å². The lowest BCUT2D eigenvalue weighted by molar-refractivity contribution is 0.0390. The first-order valence-electron chi connectivity index (χ1n) is 22.4. The van der Waals surface area contributed by atoms with Crippen molar-refractivity contribution < 1.29 is 33.0 Å². The van der Waals surface area contributed by atoms with Crippen LogP contribution in [0.25, 0.3) is 28.1 Å². The van der Waals surface area contributed by atoms with Gasteiger partial charge in [0.2, 0.25) is 0 Å². The standard InChI is InChI=1S/C49H53FN8O8/c1-27-20-35(21-28(2)42(27)50)58-43(56-17-16-55(47(56)62)34-9-11-39(40(24-34)63-7)65-48(5,6)26-59)41-30(4)54(15-12-36(41)52-58)44(60)38-23-33-22-32(31-13-18-64-19-14-31)8-10-37(33)57(38)49(25-29(49)3)45-51-46(61)66-53-45/h8-11,16-17,20-24,29-31,59H,12-15,18-19,25-26H2,1-7H3,(H,51,53,61)/t29-,30-,49-/m0/s1. The maximum absolute atomic E-state index is 15.5. The Morgan fingerprint density at radius 1 is 0.985 bits per heavy atom. The number of aromatic amines is 1. The van der Waals surface area contributed by atoms with Gasteiger partial charge in [0.05, 0.1) is 36.8 Å². The van der Waals surface area contributed by atoms with E-state index in [0.29, 0.717) is 101 Å². The first kappa shape index (κ1) is 43.2. The van der Waals surface area contributed by atoms with Crippen LogP contribution >= 0.6 is 0 Å². The summed E-state index contributed by atoms with van der Waals surface area (Å²) < 4.78 is 44.2. The zero-order chi connectivity index (χ0) is 46.4. The highest BCUT2D eigenvalue weighted by Crippen LogP contribution is 2.56. The van der Waals surface area contributed by atoms with Gasteiger partial charge in [0.1, 0.15) is 28.5 Å². The molecule has 0 spiro atoms. The van der Waals surface area contributed by atoms with E-state index in [1.807, 2.05) is 22.5 Å². The summed E-state index contributed by atoms with van der Waals surface area (Å²) in [6.45, 7) is 12.4. The van der Waals surface area contributed by atoms with E-state index in [9.17, 15) is 14.7 Å². The maximum atomic E-state index is 15.5. The van der Waals surface area contributed by atoms with Crippen molar-refractivity contribution in [1.29, 1.82) is 0 Å². The monoisotopic (exact) mass is 900 g/mol. The van der Waals surface area contributed by atoms with Crippen LogP contribution in [0.5, 0.6) is 11.5 Å². The normalized spacial score (nSPS) is 19.9. The van der Waals surface area contributed by atoms with Crippen LogP contribution in [0.1, 0.15) is 103 Å². The smallest absolute Gasteiger partial charge is 0.438 e. The first-order valence-corrected chi connectivity index (χ1v) is 22.4. The number of nitrogens with one attached hydrogen (secondary N) is 1. The predicted octanol–water partition coefficient (Wildman–Crippen LogP) is 6.80. The lowest BCUT2D eigenvalue weighted by atomic mass is 9.91. The number of H-pyrrole nitrogens is 1. The van der Waals surface area contributed by atoms with Crippen LogP contribution in [0.2, 0.25) is 0 Å². The third-order valence-corrected chi connectivity index (χ3v) is 13.8. The molecule has 1 amide bonds. The predicted molar refractivity (Wildman–Crippen MR) is 242 cm³/mol. The molecule has 3 atom stereocenters. The first-order chi connectivity index (χ1) is 31.6. The Hall–Kier alpha value is -6.72.